The number of benzene rings is 1. The van der Waals surface area contributed by atoms with E-state index in [0.717, 1.165) is 19.0 Å². The molecule has 0 aromatic heterocycles. The van der Waals surface area contributed by atoms with Gasteiger partial charge in [-0.15, -0.1) is 0 Å². The van der Waals surface area contributed by atoms with Crippen molar-refractivity contribution in [1.82, 2.24) is 5.32 Å². The van der Waals surface area contributed by atoms with E-state index in [4.69, 9.17) is 0 Å². The van der Waals surface area contributed by atoms with Crippen LogP contribution < -0.4 is 10.2 Å². The Hall–Kier alpha value is -1.02. The average molecular weight is 246 g/mol. The topological polar surface area (TPSA) is 15.3 Å². The lowest BCUT2D eigenvalue weighted by Crippen LogP contribution is -2.41. The van der Waals surface area contributed by atoms with Crippen LogP contribution in [0, 0.1) is 0 Å². The van der Waals surface area contributed by atoms with Gasteiger partial charge in [-0.05, 0) is 44.7 Å². The molecule has 0 atom stereocenters. The van der Waals surface area contributed by atoms with Crippen molar-refractivity contribution in [2.45, 2.75) is 58.2 Å². The van der Waals surface area contributed by atoms with Crippen LogP contribution in [0.5, 0.6) is 0 Å². The molecule has 1 aliphatic carbocycles. The first-order chi connectivity index (χ1) is 8.54. The number of rotatable bonds is 6. The van der Waals surface area contributed by atoms with Crippen molar-refractivity contribution < 1.29 is 0 Å². The van der Waals surface area contributed by atoms with Gasteiger partial charge in [-0.2, -0.15) is 0 Å². The SMILES string of the molecule is CCC(C)(C)N(C)c1ccccc1CNC1CC1. The van der Waals surface area contributed by atoms with Gasteiger partial charge in [0.1, 0.15) is 0 Å². The molecule has 0 aliphatic heterocycles. The number of nitrogens with one attached hydrogen (secondary N) is 1. The molecule has 100 valence electrons. The second-order valence-electron chi connectivity index (χ2n) is 6.01. The molecule has 1 aliphatic rings. The van der Waals surface area contributed by atoms with Gasteiger partial charge in [0.25, 0.3) is 0 Å². The monoisotopic (exact) mass is 246 g/mol. The molecule has 1 aromatic rings. The molecule has 0 saturated heterocycles. The summed E-state index contributed by atoms with van der Waals surface area (Å²) < 4.78 is 0. The molecule has 1 saturated carbocycles. The zero-order chi connectivity index (χ0) is 13.2. The van der Waals surface area contributed by atoms with E-state index in [0.29, 0.717) is 0 Å². The molecule has 2 heteroatoms. The predicted molar refractivity (Wildman–Crippen MR) is 79.1 cm³/mol. The predicted octanol–water partition coefficient (Wildman–Crippen LogP) is 3.56. The van der Waals surface area contributed by atoms with Crippen LogP contribution in [-0.2, 0) is 6.54 Å². The Kier molecular flexibility index (Phi) is 3.96. The van der Waals surface area contributed by atoms with Gasteiger partial charge >= 0.3 is 0 Å². The Labute approximate surface area is 111 Å². The van der Waals surface area contributed by atoms with Crippen LogP contribution in [0.2, 0.25) is 0 Å². The highest BCUT2D eigenvalue weighted by Crippen LogP contribution is 2.28. The number of para-hydroxylation sites is 1. The van der Waals surface area contributed by atoms with E-state index < -0.39 is 0 Å². The van der Waals surface area contributed by atoms with Gasteiger partial charge in [-0.3, -0.25) is 0 Å². The molecular weight excluding hydrogens is 220 g/mol. The zero-order valence-corrected chi connectivity index (χ0v) is 12.2. The molecule has 2 rings (SSSR count). The van der Waals surface area contributed by atoms with Crippen LogP contribution in [0.15, 0.2) is 24.3 Å². The summed E-state index contributed by atoms with van der Waals surface area (Å²) in [6, 6.07) is 9.52. The van der Waals surface area contributed by atoms with Crippen LogP contribution in [0.1, 0.15) is 45.6 Å². The van der Waals surface area contributed by atoms with Crippen molar-refractivity contribution in [1.29, 1.82) is 0 Å². The van der Waals surface area contributed by atoms with Crippen LogP contribution >= 0.6 is 0 Å². The first kappa shape index (κ1) is 13.4. The summed E-state index contributed by atoms with van der Waals surface area (Å²) >= 11 is 0. The minimum Gasteiger partial charge on any atom is -0.369 e. The van der Waals surface area contributed by atoms with Gasteiger partial charge in [0.05, 0.1) is 0 Å². The summed E-state index contributed by atoms with van der Waals surface area (Å²) in [7, 11) is 2.21. The summed E-state index contributed by atoms with van der Waals surface area (Å²) in [5.74, 6) is 0. The second kappa shape index (κ2) is 5.31. The Morgan fingerprint density at radius 2 is 1.94 bits per heavy atom. The third kappa shape index (κ3) is 3.05. The average Bonchev–Trinajstić information content (AvgIpc) is 3.20. The van der Waals surface area contributed by atoms with Crippen molar-refractivity contribution in [3.05, 3.63) is 29.8 Å². The minimum absolute atomic E-state index is 0.204. The van der Waals surface area contributed by atoms with Gasteiger partial charge < -0.3 is 10.2 Å². The van der Waals surface area contributed by atoms with Crippen molar-refractivity contribution in [2.24, 2.45) is 0 Å². The molecule has 0 unspecified atom stereocenters. The fourth-order valence-electron chi connectivity index (χ4n) is 2.09. The molecule has 0 heterocycles. The van der Waals surface area contributed by atoms with Crippen LogP contribution in [-0.4, -0.2) is 18.6 Å². The van der Waals surface area contributed by atoms with Crippen LogP contribution in [0.25, 0.3) is 0 Å². The van der Waals surface area contributed by atoms with Crippen molar-refractivity contribution in [3.8, 4) is 0 Å². The Morgan fingerprint density at radius 3 is 2.56 bits per heavy atom. The lowest BCUT2D eigenvalue weighted by molar-refractivity contribution is 0.469. The molecule has 0 radical (unpaired) electrons. The van der Waals surface area contributed by atoms with Crippen LogP contribution in [0.3, 0.4) is 0 Å². The highest BCUT2D eigenvalue weighted by molar-refractivity contribution is 5.54. The second-order valence-corrected chi connectivity index (χ2v) is 6.01. The highest BCUT2D eigenvalue weighted by atomic mass is 15.2. The number of anilines is 1. The van der Waals surface area contributed by atoms with Gasteiger partial charge in [-0.1, -0.05) is 25.1 Å². The van der Waals surface area contributed by atoms with Gasteiger partial charge in [0.2, 0.25) is 0 Å². The largest absolute Gasteiger partial charge is 0.369 e. The maximum Gasteiger partial charge on any atom is 0.0413 e. The minimum atomic E-state index is 0.204. The summed E-state index contributed by atoms with van der Waals surface area (Å²) in [5.41, 5.74) is 2.97. The summed E-state index contributed by atoms with van der Waals surface area (Å²) in [6.07, 6.45) is 3.84. The van der Waals surface area contributed by atoms with Gasteiger partial charge in [-0.25, -0.2) is 0 Å². The molecule has 1 N–H and O–H groups in total. The van der Waals surface area contributed by atoms with E-state index in [1.807, 2.05) is 0 Å². The lowest BCUT2D eigenvalue weighted by Gasteiger charge is -2.38. The fraction of sp³-hybridized carbons (Fsp3) is 0.625. The Morgan fingerprint density at radius 1 is 1.28 bits per heavy atom. The molecule has 0 amide bonds. The van der Waals surface area contributed by atoms with Gasteiger partial charge in [0, 0.05) is 30.9 Å². The molecule has 1 aromatic carbocycles. The third-order valence-corrected chi connectivity index (χ3v) is 4.28. The molecule has 2 nitrogen and oxygen atoms in total. The lowest BCUT2D eigenvalue weighted by atomic mass is 9.98. The quantitative estimate of drug-likeness (QED) is 0.825. The van der Waals surface area contributed by atoms with E-state index in [2.05, 4.69) is 62.3 Å². The molecule has 18 heavy (non-hydrogen) atoms. The summed E-state index contributed by atoms with van der Waals surface area (Å²) in [6.45, 7) is 7.85. The van der Waals surface area contributed by atoms with Crippen molar-refractivity contribution in [2.75, 3.05) is 11.9 Å². The summed E-state index contributed by atoms with van der Waals surface area (Å²) in [4.78, 5) is 2.41. The molecule has 1 fully saturated rings. The normalized spacial score (nSPS) is 15.8. The highest BCUT2D eigenvalue weighted by Gasteiger charge is 2.24. The maximum atomic E-state index is 3.61. The summed E-state index contributed by atoms with van der Waals surface area (Å²) in [5, 5.41) is 3.61. The van der Waals surface area contributed by atoms with Crippen molar-refractivity contribution in [3.63, 3.8) is 0 Å². The number of nitrogens with zero attached hydrogens (tertiary/aromatic N) is 1. The number of hydrogen-bond acceptors (Lipinski definition) is 2. The third-order valence-electron chi connectivity index (χ3n) is 4.28. The molecule has 0 bridgehead atoms. The van der Waals surface area contributed by atoms with Crippen molar-refractivity contribution >= 4 is 5.69 Å². The molecule has 0 spiro atoms. The number of hydrogen-bond donors (Lipinski definition) is 1. The smallest absolute Gasteiger partial charge is 0.0413 e. The van der Waals surface area contributed by atoms with E-state index in [9.17, 15) is 0 Å². The van der Waals surface area contributed by atoms with Crippen LogP contribution in [0.4, 0.5) is 5.69 Å². The first-order valence-corrected chi connectivity index (χ1v) is 7.09. The molecular formula is C16H26N2. The van der Waals surface area contributed by atoms with E-state index in [-0.39, 0.29) is 5.54 Å². The van der Waals surface area contributed by atoms with E-state index >= 15 is 0 Å². The standard InChI is InChI=1S/C16H26N2/c1-5-16(2,3)18(4)15-9-7-6-8-13(15)12-17-14-10-11-14/h6-9,14,17H,5,10-12H2,1-4H3. The Bertz CT molecular complexity index is 394. The first-order valence-electron chi connectivity index (χ1n) is 7.09. The fourth-order valence-corrected chi connectivity index (χ4v) is 2.09. The van der Waals surface area contributed by atoms with E-state index in [1.54, 1.807) is 0 Å². The Balaban J connectivity index is 2.14. The maximum absolute atomic E-state index is 3.61. The zero-order valence-electron chi connectivity index (χ0n) is 12.2. The van der Waals surface area contributed by atoms with Gasteiger partial charge in [0.15, 0.2) is 0 Å². The van der Waals surface area contributed by atoms with E-state index in [1.165, 1.54) is 24.1 Å².